The van der Waals surface area contributed by atoms with Crippen LogP contribution in [0.3, 0.4) is 0 Å². The molecule has 110 valence electrons. The number of hydrogen-bond donors (Lipinski definition) is 1. The Morgan fingerprint density at radius 1 is 1.30 bits per heavy atom. The number of hydrogen-bond acceptors (Lipinski definition) is 2. The van der Waals surface area contributed by atoms with Crippen molar-refractivity contribution in [2.45, 2.75) is 52.6 Å². The molecule has 1 aromatic rings. The quantitative estimate of drug-likeness (QED) is 0.919. The highest BCUT2D eigenvalue weighted by Crippen LogP contribution is 2.19. The van der Waals surface area contributed by atoms with Gasteiger partial charge in [0.2, 0.25) is 0 Å². The summed E-state index contributed by atoms with van der Waals surface area (Å²) in [6.07, 6.45) is 2.06. The fourth-order valence-corrected chi connectivity index (χ4v) is 2.96. The molecule has 1 fully saturated rings. The number of carbonyl (C=O) groups excluding carboxylic acids is 1. The molecule has 3 heteroatoms. The average molecular weight is 274 g/mol. The maximum Gasteiger partial charge on any atom is 0.254 e. The summed E-state index contributed by atoms with van der Waals surface area (Å²) in [5.74, 6) is 0.189. The Balaban J connectivity index is 2.24. The van der Waals surface area contributed by atoms with Crippen LogP contribution in [-0.2, 0) is 0 Å². The van der Waals surface area contributed by atoms with Crippen LogP contribution >= 0.6 is 0 Å². The van der Waals surface area contributed by atoms with Crippen molar-refractivity contribution in [2.24, 2.45) is 0 Å². The summed E-state index contributed by atoms with van der Waals surface area (Å²) in [4.78, 5) is 14.9. The van der Waals surface area contributed by atoms with Crippen LogP contribution < -0.4 is 5.32 Å². The monoisotopic (exact) mass is 274 g/mol. The first-order valence-electron chi connectivity index (χ1n) is 7.68. The van der Waals surface area contributed by atoms with Crippen molar-refractivity contribution in [1.82, 2.24) is 10.2 Å². The zero-order chi connectivity index (χ0) is 14.7. The zero-order valence-corrected chi connectivity index (χ0v) is 13.1. The number of benzene rings is 1. The third-order valence-electron chi connectivity index (χ3n) is 4.34. The molecule has 0 bridgehead atoms. The molecule has 2 unspecified atom stereocenters. The van der Waals surface area contributed by atoms with Gasteiger partial charge in [0.1, 0.15) is 0 Å². The Kier molecular flexibility index (Phi) is 4.81. The van der Waals surface area contributed by atoms with Gasteiger partial charge in [-0.05, 0) is 38.3 Å². The highest BCUT2D eigenvalue weighted by Gasteiger charge is 2.30. The van der Waals surface area contributed by atoms with E-state index in [1.54, 1.807) is 0 Å². The minimum Gasteiger partial charge on any atom is -0.333 e. The van der Waals surface area contributed by atoms with Gasteiger partial charge < -0.3 is 10.2 Å². The van der Waals surface area contributed by atoms with E-state index in [2.05, 4.69) is 37.1 Å². The van der Waals surface area contributed by atoms with E-state index in [4.69, 9.17) is 0 Å². The first-order chi connectivity index (χ1) is 9.56. The predicted octanol–water partition coefficient (Wildman–Crippen LogP) is 2.91. The SMILES string of the molecule is CCC1CN(C(=O)c2ccc(C)cc2C)C(CC)CN1. The molecular formula is C17H26N2O. The van der Waals surface area contributed by atoms with Crippen molar-refractivity contribution in [3.63, 3.8) is 0 Å². The van der Waals surface area contributed by atoms with Gasteiger partial charge in [-0.2, -0.15) is 0 Å². The van der Waals surface area contributed by atoms with Gasteiger partial charge in [0.25, 0.3) is 5.91 Å². The smallest absolute Gasteiger partial charge is 0.254 e. The van der Waals surface area contributed by atoms with E-state index < -0.39 is 0 Å². The molecule has 2 rings (SSSR count). The highest BCUT2D eigenvalue weighted by atomic mass is 16.2. The largest absolute Gasteiger partial charge is 0.333 e. The molecule has 0 aromatic heterocycles. The summed E-state index contributed by atoms with van der Waals surface area (Å²) >= 11 is 0. The number of aryl methyl sites for hydroxylation is 2. The first kappa shape index (κ1) is 15.0. The second kappa shape index (κ2) is 6.40. The number of carbonyl (C=O) groups is 1. The van der Waals surface area contributed by atoms with E-state index >= 15 is 0 Å². The van der Waals surface area contributed by atoms with Crippen LogP contribution in [0.1, 0.15) is 48.2 Å². The van der Waals surface area contributed by atoms with E-state index in [9.17, 15) is 4.79 Å². The van der Waals surface area contributed by atoms with Crippen LogP contribution in [-0.4, -0.2) is 36.0 Å². The summed E-state index contributed by atoms with van der Waals surface area (Å²) in [7, 11) is 0. The number of amides is 1. The number of nitrogens with one attached hydrogen (secondary N) is 1. The molecule has 2 atom stereocenters. The van der Waals surface area contributed by atoms with E-state index in [0.717, 1.165) is 37.1 Å². The Morgan fingerprint density at radius 3 is 2.65 bits per heavy atom. The normalized spacial score (nSPS) is 22.9. The maximum absolute atomic E-state index is 12.9. The highest BCUT2D eigenvalue weighted by molar-refractivity contribution is 5.96. The zero-order valence-electron chi connectivity index (χ0n) is 13.1. The standard InChI is InChI=1S/C17H26N2O/c1-5-14-11-19(15(6-2)10-18-14)17(20)16-8-7-12(3)9-13(16)4/h7-9,14-15,18H,5-6,10-11H2,1-4H3. The molecule has 0 spiro atoms. The second-order valence-corrected chi connectivity index (χ2v) is 5.85. The van der Waals surface area contributed by atoms with Crippen molar-refractivity contribution in [3.05, 3.63) is 34.9 Å². The molecule has 1 aromatic carbocycles. The van der Waals surface area contributed by atoms with Crippen LogP contribution in [0.25, 0.3) is 0 Å². The summed E-state index contributed by atoms with van der Waals surface area (Å²) in [5, 5.41) is 3.54. The fraction of sp³-hybridized carbons (Fsp3) is 0.588. The van der Waals surface area contributed by atoms with Gasteiger partial charge >= 0.3 is 0 Å². The third-order valence-corrected chi connectivity index (χ3v) is 4.34. The maximum atomic E-state index is 12.9. The molecular weight excluding hydrogens is 248 g/mol. The summed E-state index contributed by atoms with van der Waals surface area (Å²) < 4.78 is 0. The second-order valence-electron chi connectivity index (χ2n) is 5.85. The van der Waals surface area contributed by atoms with Gasteiger partial charge in [-0.1, -0.05) is 31.5 Å². The third kappa shape index (κ3) is 3.04. The lowest BCUT2D eigenvalue weighted by molar-refractivity contribution is 0.0575. The molecule has 1 amide bonds. The lowest BCUT2D eigenvalue weighted by Crippen LogP contribution is -2.58. The van der Waals surface area contributed by atoms with Crippen molar-refractivity contribution in [2.75, 3.05) is 13.1 Å². The fourth-order valence-electron chi connectivity index (χ4n) is 2.96. The van der Waals surface area contributed by atoms with Gasteiger partial charge in [0, 0.05) is 30.7 Å². The molecule has 1 heterocycles. The molecule has 0 saturated carbocycles. The Morgan fingerprint density at radius 2 is 2.05 bits per heavy atom. The summed E-state index contributed by atoms with van der Waals surface area (Å²) in [6, 6.07) is 6.83. The molecule has 1 aliphatic rings. The van der Waals surface area contributed by atoms with Crippen LogP contribution in [0.5, 0.6) is 0 Å². The Labute approximate surface area is 122 Å². The molecule has 3 nitrogen and oxygen atoms in total. The number of nitrogens with zero attached hydrogens (tertiary/aromatic N) is 1. The Hall–Kier alpha value is -1.35. The van der Waals surface area contributed by atoms with Crippen molar-refractivity contribution >= 4 is 5.91 Å². The molecule has 0 radical (unpaired) electrons. The summed E-state index contributed by atoms with van der Waals surface area (Å²) in [5.41, 5.74) is 3.14. The van der Waals surface area contributed by atoms with E-state index in [1.165, 1.54) is 5.56 Å². The van der Waals surface area contributed by atoms with Crippen molar-refractivity contribution in [1.29, 1.82) is 0 Å². The van der Waals surface area contributed by atoms with Gasteiger partial charge in [-0.25, -0.2) is 0 Å². The van der Waals surface area contributed by atoms with Crippen molar-refractivity contribution < 1.29 is 4.79 Å². The van der Waals surface area contributed by atoms with Gasteiger partial charge in [0.15, 0.2) is 0 Å². The van der Waals surface area contributed by atoms with Crippen LogP contribution in [0.2, 0.25) is 0 Å². The van der Waals surface area contributed by atoms with Crippen LogP contribution in [0, 0.1) is 13.8 Å². The number of rotatable bonds is 3. The van der Waals surface area contributed by atoms with Crippen molar-refractivity contribution in [3.8, 4) is 0 Å². The van der Waals surface area contributed by atoms with Gasteiger partial charge in [-0.3, -0.25) is 4.79 Å². The molecule has 0 aliphatic carbocycles. The number of piperazine rings is 1. The summed E-state index contributed by atoms with van der Waals surface area (Å²) in [6.45, 7) is 10.1. The van der Waals surface area contributed by atoms with Crippen LogP contribution in [0.4, 0.5) is 0 Å². The van der Waals surface area contributed by atoms with Gasteiger partial charge in [-0.15, -0.1) is 0 Å². The lowest BCUT2D eigenvalue weighted by atomic mass is 10.0. The topological polar surface area (TPSA) is 32.3 Å². The minimum atomic E-state index is 0.189. The van der Waals surface area contributed by atoms with E-state index in [1.807, 2.05) is 19.1 Å². The molecule has 1 N–H and O–H groups in total. The molecule has 20 heavy (non-hydrogen) atoms. The van der Waals surface area contributed by atoms with Gasteiger partial charge in [0.05, 0.1) is 0 Å². The van der Waals surface area contributed by atoms with Crippen LogP contribution in [0.15, 0.2) is 18.2 Å². The molecule has 1 saturated heterocycles. The predicted molar refractivity (Wildman–Crippen MR) is 83.1 cm³/mol. The Bertz CT molecular complexity index is 484. The average Bonchev–Trinajstić information content (AvgIpc) is 2.46. The first-order valence-corrected chi connectivity index (χ1v) is 7.68. The molecule has 1 aliphatic heterocycles. The van der Waals surface area contributed by atoms with E-state index in [0.29, 0.717) is 12.1 Å². The minimum absolute atomic E-state index is 0.189. The lowest BCUT2D eigenvalue weighted by Gasteiger charge is -2.40. The van der Waals surface area contributed by atoms with E-state index in [-0.39, 0.29) is 5.91 Å².